The van der Waals surface area contributed by atoms with E-state index in [0.717, 1.165) is 29.3 Å². The quantitative estimate of drug-likeness (QED) is 0.413. The van der Waals surface area contributed by atoms with E-state index in [2.05, 4.69) is 4.90 Å². The van der Waals surface area contributed by atoms with Crippen molar-refractivity contribution in [3.05, 3.63) is 87.8 Å². The van der Waals surface area contributed by atoms with Gasteiger partial charge < -0.3 is 19.0 Å². The molecule has 0 saturated heterocycles. The Bertz CT molecular complexity index is 1420. The van der Waals surface area contributed by atoms with Gasteiger partial charge in [-0.15, -0.1) is 0 Å². The van der Waals surface area contributed by atoms with Gasteiger partial charge in [0.2, 0.25) is 5.76 Å². The lowest BCUT2D eigenvalue weighted by Gasteiger charge is -2.26. The van der Waals surface area contributed by atoms with Crippen molar-refractivity contribution in [1.29, 1.82) is 0 Å². The standard InChI is InChI=1S/C27H26N2O4/c1-28(2)14-7-15-29-23(18-9-6-10-19(16-18)32-3)22-24(30)21-13-12-17-8-4-5-11-20(17)25(21)33-26(22)27(29)31/h4-6,8-13,16,23H,7,14-15H2,1-3H3/t23-/m0/s1. The zero-order valence-corrected chi connectivity index (χ0v) is 19.0. The Labute approximate surface area is 192 Å². The molecule has 2 heterocycles. The minimum absolute atomic E-state index is 0.140. The molecule has 0 saturated carbocycles. The molecular formula is C27H26N2O4. The molecule has 0 radical (unpaired) electrons. The second-order valence-electron chi connectivity index (χ2n) is 8.67. The van der Waals surface area contributed by atoms with Crippen LogP contribution in [0.15, 0.2) is 69.9 Å². The average molecular weight is 443 g/mol. The van der Waals surface area contributed by atoms with Gasteiger partial charge in [0.15, 0.2) is 5.43 Å². The summed E-state index contributed by atoms with van der Waals surface area (Å²) >= 11 is 0. The van der Waals surface area contributed by atoms with Crippen molar-refractivity contribution in [3.8, 4) is 5.75 Å². The van der Waals surface area contributed by atoms with Gasteiger partial charge in [0.1, 0.15) is 11.3 Å². The van der Waals surface area contributed by atoms with Crippen LogP contribution < -0.4 is 10.2 Å². The molecule has 0 N–H and O–H groups in total. The van der Waals surface area contributed by atoms with E-state index >= 15 is 0 Å². The molecule has 0 spiro atoms. The second kappa shape index (κ2) is 8.37. The van der Waals surface area contributed by atoms with Crippen LogP contribution in [0.3, 0.4) is 0 Å². The molecule has 4 aromatic rings. The van der Waals surface area contributed by atoms with Crippen molar-refractivity contribution in [1.82, 2.24) is 9.80 Å². The smallest absolute Gasteiger partial charge is 0.290 e. The lowest BCUT2D eigenvalue weighted by Crippen LogP contribution is -2.32. The number of hydrogen-bond acceptors (Lipinski definition) is 5. The van der Waals surface area contributed by atoms with Crippen LogP contribution in [0.4, 0.5) is 0 Å². The monoisotopic (exact) mass is 442 g/mol. The number of carbonyl (C=O) groups is 1. The molecule has 168 valence electrons. The lowest BCUT2D eigenvalue weighted by molar-refractivity contribution is 0.0722. The molecule has 33 heavy (non-hydrogen) atoms. The van der Waals surface area contributed by atoms with Crippen LogP contribution in [0.5, 0.6) is 5.75 Å². The number of carbonyl (C=O) groups excluding carboxylic acids is 1. The molecule has 1 amide bonds. The minimum atomic E-state index is -0.517. The van der Waals surface area contributed by atoms with E-state index < -0.39 is 6.04 Å². The number of hydrogen-bond donors (Lipinski definition) is 0. The van der Waals surface area contributed by atoms with E-state index in [1.807, 2.05) is 68.7 Å². The molecule has 3 aromatic carbocycles. The third-order valence-corrected chi connectivity index (χ3v) is 6.27. The minimum Gasteiger partial charge on any atom is -0.497 e. The van der Waals surface area contributed by atoms with Crippen LogP contribution in [-0.4, -0.2) is 50.0 Å². The van der Waals surface area contributed by atoms with Crippen LogP contribution in [0, 0.1) is 0 Å². The van der Waals surface area contributed by atoms with Crippen molar-refractivity contribution >= 4 is 27.6 Å². The summed E-state index contributed by atoms with van der Waals surface area (Å²) in [6.45, 7) is 1.35. The van der Waals surface area contributed by atoms with Gasteiger partial charge in [-0.2, -0.15) is 0 Å². The fraction of sp³-hybridized carbons (Fsp3) is 0.259. The maximum absolute atomic E-state index is 13.8. The Hall–Kier alpha value is -3.64. The van der Waals surface area contributed by atoms with E-state index in [9.17, 15) is 9.59 Å². The van der Waals surface area contributed by atoms with E-state index in [-0.39, 0.29) is 17.1 Å². The molecule has 1 aromatic heterocycles. The van der Waals surface area contributed by atoms with Crippen molar-refractivity contribution in [2.45, 2.75) is 12.5 Å². The molecule has 1 aliphatic heterocycles. The Morgan fingerprint density at radius 2 is 1.82 bits per heavy atom. The van der Waals surface area contributed by atoms with Gasteiger partial charge >= 0.3 is 0 Å². The van der Waals surface area contributed by atoms with Gasteiger partial charge in [-0.25, -0.2) is 0 Å². The maximum atomic E-state index is 13.8. The van der Waals surface area contributed by atoms with Gasteiger partial charge in [0.05, 0.1) is 24.1 Å². The molecule has 0 aliphatic carbocycles. The summed E-state index contributed by atoms with van der Waals surface area (Å²) in [5, 5.41) is 2.28. The Morgan fingerprint density at radius 1 is 1.00 bits per heavy atom. The Morgan fingerprint density at radius 3 is 2.61 bits per heavy atom. The molecule has 0 bridgehead atoms. The van der Waals surface area contributed by atoms with Crippen molar-refractivity contribution < 1.29 is 13.9 Å². The first kappa shape index (κ1) is 21.2. The van der Waals surface area contributed by atoms with Gasteiger partial charge in [0, 0.05) is 11.9 Å². The highest BCUT2D eigenvalue weighted by molar-refractivity contribution is 6.06. The summed E-state index contributed by atoms with van der Waals surface area (Å²) in [4.78, 5) is 31.2. The topological polar surface area (TPSA) is 63.0 Å². The van der Waals surface area contributed by atoms with E-state index in [0.29, 0.717) is 28.8 Å². The fourth-order valence-electron chi connectivity index (χ4n) is 4.69. The van der Waals surface area contributed by atoms with E-state index in [4.69, 9.17) is 9.15 Å². The number of amides is 1. The molecule has 1 atom stereocenters. The Kier molecular flexibility index (Phi) is 5.38. The number of ether oxygens (including phenoxy) is 1. The SMILES string of the molecule is COc1cccc([C@H]2c3c(oc4c(ccc5ccccc54)c3=O)C(=O)N2CCCN(C)C)c1. The summed E-state index contributed by atoms with van der Waals surface area (Å²) in [6.07, 6.45) is 0.782. The highest BCUT2D eigenvalue weighted by Gasteiger charge is 2.42. The van der Waals surface area contributed by atoms with Crippen LogP contribution in [0.25, 0.3) is 21.7 Å². The molecule has 5 rings (SSSR count). The highest BCUT2D eigenvalue weighted by Crippen LogP contribution is 2.40. The maximum Gasteiger partial charge on any atom is 0.290 e. The highest BCUT2D eigenvalue weighted by atomic mass is 16.5. The van der Waals surface area contributed by atoms with Crippen molar-refractivity contribution in [2.24, 2.45) is 0 Å². The van der Waals surface area contributed by atoms with Crippen molar-refractivity contribution in [3.63, 3.8) is 0 Å². The van der Waals surface area contributed by atoms with Gasteiger partial charge in [-0.1, -0.05) is 42.5 Å². The number of nitrogens with zero attached hydrogens (tertiary/aromatic N) is 2. The molecule has 1 aliphatic rings. The predicted molar refractivity (Wildman–Crippen MR) is 129 cm³/mol. The summed E-state index contributed by atoms with van der Waals surface area (Å²) in [6, 6.07) is 18.5. The lowest BCUT2D eigenvalue weighted by atomic mass is 9.97. The first-order valence-corrected chi connectivity index (χ1v) is 11.1. The molecule has 0 fully saturated rings. The normalized spacial score (nSPS) is 15.6. The van der Waals surface area contributed by atoms with E-state index in [1.54, 1.807) is 18.1 Å². The Balaban J connectivity index is 1.73. The first-order valence-electron chi connectivity index (χ1n) is 11.1. The zero-order valence-electron chi connectivity index (χ0n) is 19.0. The van der Waals surface area contributed by atoms with Gasteiger partial charge in [0.25, 0.3) is 5.91 Å². The number of fused-ring (bicyclic) bond motifs is 4. The van der Waals surface area contributed by atoms with Crippen LogP contribution in [0.1, 0.15) is 34.1 Å². The molecular weight excluding hydrogens is 416 g/mol. The van der Waals surface area contributed by atoms with Crippen LogP contribution in [0.2, 0.25) is 0 Å². The van der Waals surface area contributed by atoms with E-state index in [1.165, 1.54) is 0 Å². The third kappa shape index (κ3) is 3.56. The van der Waals surface area contributed by atoms with Crippen LogP contribution >= 0.6 is 0 Å². The predicted octanol–water partition coefficient (Wildman–Crippen LogP) is 4.45. The fourth-order valence-corrected chi connectivity index (χ4v) is 4.69. The molecule has 6 heteroatoms. The first-order chi connectivity index (χ1) is 16.0. The molecule has 0 unspecified atom stereocenters. The number of benzene rings is 3. The summed E-state index contributed by atoms with van der Waals surface area (Å²) < 4.78 is 11.7. The molecule has 6 nitrogen and oxygen atoms in total. The summed E-state index contributed by atoms with van der Waals surface area (Å²) in [7, 11) is 5.61. The van der Waals surface area contributed by atoms with Gasteiger partial charge in [-0.05, 0) is 56.2 Å². The third-order valence-electron chi connectivity index (χ3n) is 6.27. The largest absolute Gasteiger partial charge is 0.497 e. The zero-order chi connectivity index (χ0) is 23.1. The summed E-state index contributed by atoms with van der Waals surface area (Å²) in [5.74, 6) is 0.572. The van der Waals surface area contributed by atoms with Crippen molar-refractivity contribution in [2.75, 3.05) is 34.3 Å². The second-order valence-corrected chi connectivity index (χ2v) is 8.67. The number of rotatable bonds is 6. The van der Waals surface area contributed by atoms with Crippen LogP contribution in [-0.2, 0) is 0 Å². The number of methoxy groups -OCH3 is 1. The average Bonchev–Trinajstić information content (AvgIpc) is 3.11. The van der Waals surface area contributed by atoms with Gasteiger partial charge in [-0.3, -0.25) is 9.59 Å². The summed E-state index contributed by atoms with van der Waals surface area (Å²) in [5.41, 5.74) is 1.54.